The van der Waals surface area contributed by atoms with Crippen molar-refractivity contribution in [1.82, 2.24) is 0 Å². The molecule has 1 saturated carbocycles. The van der Waals surface area contributed by atoms with E-state index in [4.69, 9.17) is 23.2 Å². The quantitative estimate of drug-likeness (QED) is 0.465. The number of rotatable bonds is 0. The molecule has 0 aliphatic heterocycles. The van der Waals surface area contributed by atoms with E-state index in [1.165, 1.54) is 0 Å². The summed E-state index contributed by atoms with van der Waals surface area (Å²) >= 11 is 10.9. The molecule has 1 aliphatic rings. The van der Waals surface area contributed by atoms with Crippen molar-refractivity contribution in [2.24, 2.45) is 0 Å². The Morgan fingerprint density at radius 3 is 1.86 bits per heavy atom. The van der Waals surface area contributed by atoms with Crippen LogP contribution in [0.3, 0.4) is 0 Å². The molecular weight excluding hydrogens is 135 g/mol. The molecule has 0 saturated heterocycles. The summed E-state index contributed by atoms with van der Waals surface area (Å²) in [6.45, 7) is 0. The lowest BCUT2D eigenvalue weighted by Crippen LogP contribution is -2.33. The van der Waals surface area contributed by atoms with Gasteiger partial charge in [-0.15, -0.1) is 23.2 Å². The summed E-state index contributed by atoms with van der Waals surface area (Å²) in [4.78, 5) is 10.1. The van der Waals surface area contributed by atoms with E-state index in [0.717, 1.165) is 0 Å². The van der Waals surface area contributed by atoms with E-state index in [9.17, 15) is 4.79 Å². The third-order valence-corrected chi connectivity index (χ3v) is 1.45. The zero-order valence-electron chi connectivity index (χ0n) is 3.58. The van der Waals surface area contributed by atoms with E-state index < -0.39 is 4.33 Å². The molecule has 0 aromatic heterocycles. The standard InChI is InChI=1S/C4H4Cl2O/c5-4(6)1-3(7)2-4/h1-2H2. The van der Waals surface area contributed by atoms with E-state index in [1.54, 1.807) is 0 Å². The van der Waals surface area contributed by atoms with Crippen molar-refractivity contribution in [1.29, 1.82) is 0 Å². The van der Waals surface area contributed by atoms with Crippen molar-refractivity contribution < 1.29 is 4.79 Å². The highest BCUT2D eigenvalue weighted by molar-refractivity contribution is 6.52. The van der Waals surface area contributed by atoms with E-state index in [1.807, 2.05) is 0 Å². The fourth-order valence-electron chi connectivity index (χ4n) is 0.525. The molecule has 0 aromatic rings. The van der Waals surface area contributed by atoms with Crippen LogP contribution in [0.2, 0.25) is 0 Å². The molecule has 1 rings (SSSR count). The van der Waals surface area contributed by atoms with E-state index in [0.29, 0.717) is 12.8 Å². The summed E-state index contributed by atoms with van der Waals surface area (Å²) in [7, 11) is 0. The van der Waals surface area contributed by atoms with Gasteiger partial charge in [0.1, 0.15) is 10.1 Å². The molecule has 1 fully saturated rings. The minimum Gasteiger partial charge on any atom is -0.299 e. The molecule has 0 aromatic carbocycles. The summed E-state index contributed by atoms with van der Waals surface area (Å²) < 4.78 is -0.711. The van der Waals surface area contributed by atoms with Gasteiger partial charge in [0, 0.05) is 12.8 Å². The second-order valence-electron chi connectivity index (χ2n) is 1.75. The van der Waals surface area contributed by atoms with Gasteiger partial charge in [0.25, 0.3) is 0 Å². The number of hydrogen-bond acceptors (Lipinski definition) is 1. The lowest BCUT2D eigenvalue weighted by atomic mass is 9.97. The molecular formula is C4H4Cl2O. The fraction of sp³-hybridized carbons (Fsp3) is 0.750. The average molecular weight is 139 g/mol. The number of carbonyl (C=O) groups excluding carboxylic acids is 1. The highest BCUT2D eigenvalue weighted by Gasteiger charge is 2.39. The molecule has 0 amide bonds. The first-order chi connectivity index (χ1) is 3.10. The minimum atomic E-state index is -0.711. The monoisotopic (exact) mass is 138 g/mol. The van der Waals surface area contributed by atoms with Crippen molar-refractivity contribution >= 4 is 29.0 Å². The van der Waals surface area contributed by atoms with Crippen LogP contribution in [0.15, 0.2) is 0 Å². The zero-order chi connectivity index (χ0) is 5.49. The molecule has 3 heteroatoms. The lowest BCUT2D eigenvalue weighted by molar-refractivity contribution is -0.123. The Bertz CT molecular complexity index is 98.3. The highest BCUT2D eigenvalue weighted by Crippen LogP contribution is 2.38. The number of halogens is 2. The Balaban J connectivity index is 2.43. The Kier molecular flexibility index (Phi) is 1.05. The molecule has 0 atom stereocenters. The maximum Gasteiger partial charge on any atom is 0.138 e. The summed E-state index contributed by atoms with van der Waals surface area (Å²) in [5.41, 5.74) is 0. The van der Waals surface area contributed by atoms with Crippen LogP contribution in [0.5, 0.6) is 0 Å². The Morgan fingerprint density at radius 2 is 1.86 bits per heavy atom. The Hall–Kier alpha value is 0.250. The third kappa shape index (κ3) is 1.07. The Morgan fingerprint density at radius 1 is 1.43 bits per heavy atom. The first kappa shape index (κ1) is 5.39. The number of ketones is 1. The number of Topliss-reactive ketones (excluding diaryl/α,β-unsaturated/α-hetero) is 1. The highest BCUT2D eigenvalue weighted by atomic mass is 35.5. The molecule has 0 unspecified atom stereocenters. The van der Waals surface area contributed by atoms with Crippen molar-refractivity contribution in [3.63, 3.8) is 0 Å². The number of hydrogen-bond donors (Lipinski definition) is 0. The Labute approximate surface area is 51.6 Å². The van der Waals surface area contributed by atoms with Crippen LogP contribution in [0.25, 0.3) is 0 Å². The number of alkyl halides is 2. The average Bonchev–Trinajstić information content (AvgIpc) is 1.27. The van der Waals surface area contributed by atoms with Crippen molar-refractivity contribution in [3.05, 3.63) is 0 Å². The first-order valence-electron chi connectivity index (χ1n) is 2.00. The molecule has 0 spiro atoms. The second kappa shape index (κ2) is 1.36. The van der Waals surface area contributed by atoms with Crippen LogP contribution < -0.4 is 0 Å². The van der Waals surface area contributed by atoms with Crippen molar-refractivity contribution in [2.45, 2.75) is 17.2 Å². The predicted octanol–water partition coefficient (Wildman–Crippen LogP) is 1.52. The SMILES string of the molecule is O=C1CC(Cl)(Cl)C1. The molecule has 0 N–H and O–H groups in total. The normalized spacial score (nSPS) is 26.9. The van der Waals surface area contributed by atoms with Gasteiger partial charge in [-0.3, -0.25) is 4.79 Å². The van der Waals surface area contributed by atoms with Crippen LogP contribution in [-0.2, 0) is 4.79 Å². The van der Waals surface area contributed by atoms with E-state index >= 15 is 0 Å². The molecule has 1 nitrogen and oxygen atoms in total. The van der Waals surface area contributed by atoms with Gasteiger partial charge >= 0.3 is 0 Å². The summed E-state index contributed by atoms with van der Waals surface area (Å²) in [6.07, 6.45) is 0.659. The van der Waals surface area contributed by atoms with Crippen LogP contribution in [0.4, 0.5) is 0 Å². The predicted molar refractivity (Wildman–Crippen MR) is 28.7 cm³/mol. The van der Waals surface area contributed by atoms with Gasteiger partial charge < -0.3 is 0 Å². The van der Waals surface area contributed by atoms with E-state index in [2.05, 4.69) is 0 Å². The van der Waals surface area contributed by atoms with Crippen LogP contribution in [-0.4, -0.2) is 10.1 Å². The maximum absolute atomic E-state index is 10.1. The van der Waals surface area contributed by atoms with Gasteiger partial charge in [-0.25, -0.2) is 0 Å². The lowest BCUT2D eigenvalue weighted by Gasteiger charge is -2.26. The van der Waals surface area contributed by atoms with Gasteiger partial charge in [0.2, 0.25) is 0 Å². The second-order valence-corrected chi connectivity index (χ2v) is 3.39. The molecule has 0 heterocycles. The van der Waals surface area contributed by atoms with Gasteiger partial charge in [-0.2, -0.15) is 0 Å². The van der Waals surface area contributed by atoms with Crippen molar-refractivity contribution in [3.8, 4) is 0 Å². The maximum atomic E-state index is 10.1. The smallest absolute Gasteiger partial charge is 0.138 e. The largest absolute Gasteiger partial charge is 0.299 e. The van der Waals surface area contributed by atoms with Gasteiger partial charge in [-0.1, -0.05) is 0 Å². The van der Waals surface area contributed by atoms with Gasteiger partial charge in [0.15, 0.2) is 0 Å². The van der Waals surface area contributed by atoms with Crippen molar-refractivity contribution in [2.75, 3.05) is 0 Å². The molecule has 1 aliphatic carbocycles. The van der Waals surface area contributed by atoms with E-state index in [-0.39, 0.29) is 5.78 Å². The summed E-state index contributed by atoms with van der Waals surface area (Å²) in [5, 5.41) is 0. The topological polar surface area (TPSA) is 17.1 Å². The third-order valence-electron chi connectivity index (χ3n) is 0.912. The van der Waals surface area contributed by atoms with Crippen LogP contribution >= 0.6 is 23.2 Å². The summed E-state index contributed by atoms with van der Waals surface area (Å²) in [6, 6.07) is 0. The van der Waals surface area contributed by atoms with Gasteiger partial charge in [-0.05, 0) is 0 Å². The molecule has 7 heavy (non-hydrogen) atoms. The summed E-state index contributed by atoms with van der Waals surface area (Å²) in [5.74, 6) is 0.157. The zero-order valence-corrected chi connectivity index (χ0v) is 5.09. The molecule has 0 bridgehead atoms. The molecule has 40 valence electrons. The van der Waals surface area contributed by atoms with Crippen LogP contribution in [0.1, 0.15) is 12.8 Å². The molecule has 0 radical (unpaired) electrons. The first-order valence-corrected chi connectivity index (χ1v) is 2.75. The van der Waals surface area contributed by atoms with Crippen LogP contribution in [0, 0.1) is 0 Å². The van der Waals surface area contributed by atoms with Gasteiger partial charge in [0.05, 0.1) is 0 Å². The minimum absolute atomic E-state index is 0.157. The fourth-order valence-corrected chi connectivity index (χ4v) is 1.12. The number of carbonyl (C=O) groups is 1.